The molecule has 0 spiro atoms. The number of anilines is 2. The van der Waals surface area contributed by atoms with Crippen LogP contribution in [0.15, 0.2) is 48.5 Å². The molecule has 2 aliphatic heterocycles. The summed E-state index contributed by atoms with van der Waals surface area (Å²) in [6.07, 6.45) is 0.903. The molecule has 4 heterocycles. The van der Waals surface area contributed by atoms with Crippen LogP contribution in [0, 0.1) is 0 Å². The second-order valence-corrected chi connectivity index (χ2v) is 13.7. The number of benzene rings is 1. The van der Waals surface area contributed by atoms with E-state index in [0.29, 0.717) is 66.4 Å². The minimum absolute atomic E-state index is 0.0174. The van der Waals surface area contributed by atoms with Gasteiger partial charge in [-0.15, -0.1) is 0 Å². The number of pyridine rings is 2. The number of aromatic nitrogens is 2. The number of carbonyl (C=O) groups is 4. The predicted molar refractivity (Wildman–Crippen MR) is 178 cm³/mol. The van der Waals surface area contributed by atoms with Crippen molar-refractivity contribution in [3.63, 3.8) is 0 Å². The van der Waals surface area contributed by atoms with Crippen LogP contribution in [-0.2, 0) is 9.47 Å². The molecule has 0 unspecified atom stereocenters. The van der Waals surface area contributed by atoms with Crippen molar-refractivity contribution in [3.8, 4) is 11.3 Å². The maximum atomic E-state index is 12.7. The van der Waals surface area contributed by atoms with Crippen molar-refractivity contribution < 1.29 is 28.7 Å². The molecule has 0 saturated heterocycles. The largest absolute Gasteiger partial charge is 0.443 e. The van der Waals surface area contributed by atoms with Crippen LogP contribution in [0.2, 0.25) is 10.2 Å². The Kier molecular flexibility index (Phi) is 10.7. The number of amides is 2. The molecular formula is C34H38Cl2N4O6. The number of ketones is 2. The Labute approximate surface area is 279 Å². The molecule has 0 radical (unpaired) electrons. The van der Waals surface area contributed by atoms with Crippen molar-refractivity contribution in [2.45, 2.75) is 78.4 Å². The van der Waals surface area contributed by atoms with Crippen LogP contribution in [0.1, 0.15) is 87.9 Å². The van der Waals surface area contributed by atoms with E-state index in [4.69, 9.17) is 32.7 Å². The molecule has 10 nitrogen and oxygen atoms in total. The molecule has 2 aliphatic rings. The number of halogens is 2. The number of Topliss-reactive ketones (excluding diaryl/α,β-unsaturated/α-hetero) is 2. The minimum atomic E-state index is -0.627. The zero-order valence-corrected chi connectivity index (χ0v) is 28.4. The van der Waals surface area contributed by atoms with Crippen molar-refractivity contribution >= 4 is 58.6 Å². The Morgan fingerprint density at radius 2 is 1.22 bits per heavy atom. The van der Waals surface area contributed by atoms with Gasteiger partial charge in [-0.25, -0.2) is 19.6 Å². The highest BCUT2D eigenvalue weighted by Crippen LogP contribution is 2.31. The van der Waals surface area contributed by atoms with Gasteiger partial charge in [0, 0.05) is 36.5 Å². The average Bonchev–Trinajstić information content (AvgIpc) is 3.22. The van der Waals surface area contributed by atoms with Crippen LogP contribution in [0.5, 0.6) is 0 Å². The first-order chi connectivity index (χ1) is 21.5. The van der Waals surface area contributed by atoms with Crippen LogP contribution >= 0.6 is 23.2 Å². The lowest BCUT2D eigenvalue weighted by Crippen LogP contribution is -2.38. The molecule has 1 aromatic carbocycles. The summed E-state index contributed by atoms with van der Waals surface area (Å²) in [5.74, 6) is 0.583. The number of hydrogen-bond donors (Lipinski definition) is 0. The van der Waals surface area contributed by atoms with Crippen LogP contribution in [-0.4, -0.2) is 58.0 Å². The Balaban J connectivity index is 0.000000216. The fourth-order valence-corrected chi connectivity index (χ4v) is 5.13. The standard InChI is InChI=1S/C20H21ClN2O3.C14H17ClN2O3/c1-20(2,3)26-19(25)23-11-5-8-17(24)15-9-10-16(22-18(15)23)13-6-4-7-14(21)12-13;1-14(2,3)20-13(19)17-8-4-5-10(18)9-6-7-11(15)16-12(9)17/h4,6-7,9-10,12H,5,8,11H2,1-3H3;6-7H,4-5,8H2,1-3H3. The average molecular weight is 670 g/mol. The van der Waals surface area contributed by atoms with E-state index in [-0.39, 0.29) is 22.5 Å². The van der Waals surface area contributed by atoms with Crippen LogP contribution < -0.4 is 9.80 Å². The minimum Gasteiger partial charge on any atom is -0.443 e. The van der Waals surface area contributed by atoms with Crippen molar-refractivity contribution in [1.82, 2.24) is 9.97 Å². The molecule has 46 heavy (non-hydrogen) atoms. The van der Waals surface area contributed by atoms with E-state index in [1.54, 1.807) is 57.2 Å². The zero-order chi connectivity index (χ0) is 33.8. The summed E-state index contributed by atoms with van der Waals surface area (Å²) in [4.78, 5) is 60.9. The molecule has 244 valence electrons. The molecule has 0 fully saturated rings. The van der Waals surface area contributed by atoms with Gasteiger partial charge in [0.1, 0.15) is 22.2 Å². The van der Waals surface area contributed by atoms with Gasteiger partial charge in [-0.3, -0.25) is 19.4 Å². The highest BCUT2D eigenvalue weighted by atomic mass is 35.5. The number of hydrogen-bond acceptors (Lipinski definition) is 8. The van der Waals surface area contributed by atoms with E-state index >= 15 is 0 Å². The lowest BCUT2D eigenvalue weighted by atomic mass is 10.1. The topological polar surface area (TPSA) is 119 Å². The van der Waals surface area contributed by atoms with E-state index in [2.05, 4.69) is 9.97 Å². The van der Waals surface area contributed by atoms with Gasteiger partial charge < -0.3 is 9.47 Å². The highest BCUT2D eigenvalue weighted by Gasteiger charge is 2.31. The first-order valence-corrected chi connectivity index (χ1v) is 15.8. The maximum absolute atomic E-state index is 12.7. The van der Waals surface area contributed by atoms with Gasteiger partial charge in [-0.1, -0.05) is 35.3 Å². The Hall–Kier alpha value is -4.02. The molecule has 0 aliphatic carbocycles. The summed E-state index contributed by atoms with van der Waals surface area (Å²) in [5, 5.41) is 0.839. The SMILES string of the molecule is CC(C)(C)OC(=O)N1CCCC(=O)c2ccc(-c3cccc(Cl)c3)nc21.CC(C)(C)OC(=O)N1CCCC(=O)c2ccc(Cl)nc21. The predicted octanol–water partition coefficient (Wildman–Crippen LogP) is 8.57. The van der Waals surface area contributed by atoms with Crippen molar-refractivity contribution in [2.24, 2.45) is 0 Å². The third kappa shape index (κ3) is 9.04. The van der Waals surface area contributed by atoms with Crippen molar-refractivity contribution in [1.29, 1.82) is 0 Å². The van der Waals surface area contributed by atoms with Gasteiger partial charge in [-0.2, -0.15) is 0 Å². The lowest BCUT2D eigenvalue weighted by Gasteiger charge is -2.26. The smallest absolute Gasteiger partial charge is 0.416 e. The highest BCUT2D eigenvalue weighted by molar-refractivity contribution is 6.31. The van der Waals surface area contributed by atoms with Crippen molar-refractivity contribution in [2.75, 3.05) is 22.9 Å². The van der Waals surface area contributed by atoms with Crippen LogP contribution in [0.4, 0.5) is 21.2 Å². The van der Waals surface area contributed by atoms with E-state index in [9.17, 15) is 19.2 Å². The maximum Gasteiger partial charge on any atom is 0.416 e. The number of carbonyl (C=O) groups excluding carboxylic acids is 4. The summed E-state index contributed by atoms with van der Waals surface area (Å²) >= 11 is 12.0. The Morgan fingerprint density at radius 1 is 0.717 bits per heavy atom. The van der Waals surface area contributed by atoms with E-state index < -0.39 is 23.4 Å². The lowest BCUT2D eigenvalue weighted by molar-refractivity contribution is 0.0568. The molecule has 0 N–H and O–H groups in total. The number of ether oxygens (including phenoxy) is 2. The number of fused-ring (bicyclic) bond motifs is 2. The van der Waals surface area contributed by atoms with Gasteiger partial charge in [0.2, 0.25) is 0 Å². The van der Waals surface area contributed by atoms with E-state index in [1.807, 2.05) is 32.9 Å². The van der Waals surface area contributed by atoms with Crippen LogP contribution in [0.3, 0.4) is 0 Å². The van der Waals surface area contributed by atoms with Gasteiger partial charge >= 0.3 is 12.2 Å². The van der Waals surface area contributed by atoms with Gasteiger partial charge in [0.05, 0.1) is 16.8 Å². The van der Waals surface area contributed by atoms with Gasteiger partial charge in [0.15, 0.2) is 17.4 Å². The fraction of sp³-hybridized carbons (Fsp3) is 0.412. The first kappa shape index (κ1) is 34.8. The molecule has 0 saturated carbocycles. The molecule has 0 bridgehead atoms. The summed E-state index contributed by atoms with van der Waals surface area (Å²) in [6.45, 7) is 11.6. The van der Waals surface area contributed by atoms with E-state index in [1.165, 1.54) is 9.80 Å². The summed E-state index contributed by atoms with van der Waals surface area (Å²) in [7, 11) is 0. The van der Waals surface area contributed by atoms with Crippen LogP contribution in [0.25, 0.3) is 11.3 Å². The second kappa shape index (κ2) is 14.2. The van der Waals surface area contributed by atoms with Gasteiger partial charge in [-0.05, 0) is 90.8 Å². The summed E-state index contributed by atoms with van der Waals surface area (Å²) in [6, 6.07) is 14.0. The number of rotatable bonds is 1. The first-order valence-electron chi connectivity index (χ1n) is 15.0. The van der Waals surface area contributed by atoms with E-state index in [0.717, 1.165) is 5.56 Å². The summed E-state index contributed by atoms with van der Waals surface area (Å²) in [5.41, 5.74) is 1.09. The van der Waals surface area contributed by atoms with Crippen molar-refractivity contribution in [3.05, 3.63) is 69.8 Å². The molecule has 2 aromatic heterocycles. The molecule has 2 amide bonds. The quantitative estimate of drug-likeness (QED) is 0.237. The molecule has 5 rings (SSSR count). The fourth-order valence-electron chi connectivity index (χ4n) is 4.80. The zero-order valence-electron chi connectivity index (χ0n) is 26.9. The second-order valence-electron chi connectivity index (χ2n) is 12.9. The molecule has 0 atom stereocenters. The Bertz CT molecular complexity index is 1650. The Morgan fingerprint density at radius 3 is 1.72 bits per heavy atom. The number of nitrogens with zero attached hydrogens (tertiary/aromatic N) is 4. The monoisotopic (exact) mass is 668 g/mol. The molecule has 12 heteroatoms. The molecule has 3 aromatic rings. The molecular weight excluding hydrogens is 631 g/mol. The third-order valence-electron chi connectivity index (χ3n) is 6.75. The summed E-state index contributed by atoms with van der Waals surface area (Å²) < 4.78 is 10.9. The van der Waals surface area contributed by atoms with Gasteiger partial charge in [0.25, 0.3) is 0 Å². The third-order valence-corrected chi connectivity index (χ3v) is 7.19. The normalized spacial score (nSPS) is 15.0.